The van der Waals surface area contributed by atoms with Crippen LogP contribution in [0.2, 0.25) is 0 Å². The summed E-state index contributed by atoms with van der Waals surface area (Å²) in [4.78, 5) is 6.72. The third kappa shape index (κ3) is 6.57. The van der Waals surface area contributed by atoms with E-state index in [9.17, 15) is 4.39 Å². The van der Waals surface area contributed by atoms with Crippen LogP contribution in [0.1, 0.15) is 24.1 Å². The predicted molar refractivity (Wildman–Crippen MR) is 109 cm³/mol. The van der Waals surface area contributed by atoms with Crippen molar-refractivity contribution in [1.82, 2.24) is 15.5 Å². The number of aliphatic imine (C=N–C) groups is 1. The number of nitrogens with one attached hydrogen (secondary N) is 2. The number of hydrogen-bond acceptors (Lipinski definition) is 3. The second-order valence-corrected chi connectivity index (χ2v) is 6.46. The number of methoxy groups -OCH3 is 1. The van der Waals surface area contributed by atoms with Crippen molar-refractivity contribution in [1.29, 1.82) is 0 Å². The fourth-order valence-electron chi connectivity index (χ4n) is 2.77. The molecule has 27 heavy (non-hydrogen) atoms. The first-order chi connectivity index (χ1) is 13.0. The molecule has 0 aliphatic carbocycles. The first-order valence-electron chi connectivity index (χ1n) is 9.10. The minimum atomic E-state index is -0.243. The van der Waals surface area contributed by atoms with Gasteiger partial charge in [-0.2, -0.15) is 0 Å². The molecule has 0 bridgehead atoms. The molecule has 0 amide bonds. The smallest absolute Gasteiger partial charge is 0.191 e. The van der Waals surface area contributed by atoms with Crippen molar-refractivity contribution in [2.24, 2.45) is 4.99 Å². The summed E-state index contributed by atoms with van der Waals surface area (Å²) in [6, 6.07) is 14.8. The molecular weight excluding hydrogens is 343 g/mol. The van der Waals surface area contributed by atoms with E-state index in [4.69, 9.17) is 4.74 Å². The van der Waals surface area contributed by atoms with Gasteiger partial charge < -0.3 is 20.3 Å². The fourth-order valence-corrected chi connectivity index (χ4v) is 2.77. The highest BCUT2D eigenvalue weighted by Gasteiger charge is 2.14. The molecule has 0 fully saturated rings. The zero-order chi connectivity index (χ0) is 19.6. The molecule has 0 heterocycles. The average molecular weight is 372 g/mol. The summed E-state index contributed by atoms with van der Waals surface area (Å²) < 4.78 is 18.6. The van der Waals surface area contributed by atoms with Gasteiger partial charge in [0, 0.05) is 13.1 Å². The van der Waals surface area contributed by atoms with Crippen molar-refractivity contribution in [3.05, 3.63) is 65.5 Å². The number of halogens is 1. The van der Waals surface area contributed by atoms with Crippen molar-refractivity contribution >= 4 is 5.96 Å². The number of rotatable bonds is 8. The van der Waals surface area contributed by atoms with Crippen molar-refractivity contribution in [2.75, 3.05) is 34.3 Å². The number of guanidine groups is 1. The van der Waals surface area contributed by atoms with E-state index in [2.05, 4.69) is 32.7 Å². The van der Waals surface area contributed by atoms with Crippen molar-refractivity contribution < 1.29 is 9.13 Å². The SMILES string of the molecule is CCNC(=NCc1cccc(F)c1)NCC(c1ccc(OC)cc1)N(C)C. The molecule has 2 rings (SSSR count). The topological polar surface area (TPSA) is 48.9 Å². The number of ether oxygens (including phenoxy) is 1. The van der Waals surface area contributed by atoms with Crippen molar-refractivity contribution in [3.8, 4) is 5.75 Å². The van der Waals surface area contributed by atoms with Crippen LogP contribution in [0.3, 0.4) is 0 Å². The maximum Gasteiger partial charge on any atom is 0.191 e. The van der Waals surface area contributed by atoms with E-state index >= 15 is 0 Å². The zero-order valence-corrected chi connectivity index (χ0v) is 16.5. The monoisotopic (exact) mass is 372 g/mol. The molecule has 0 radical (unpaired) electrons. The van der Waals surface area contributed by atoms with Gasteiger partial charge in [-0.1, -0.05) is 24.3 Å². The van der Waals surface area contributed by atoms with E-state index in [1.165, 1.54) is 17.7 Å². The molecule has 1 atom stereocenters. The van der Waals surface area contributed by atoms with E-state index in [1.54, 1.807) is 13.2 Å². The molecule has 0 saturated heterocycles. The summed E-state index contributed by atoms with van der Waals surface area (Å²) in [5.74, 6) is 1.31. The molecule has 1 unspecified atom stereocenters. The third-order valence-electron chi connectivity index (χ3n) is 4.24. The van der Waals surface area contributed by atoms with Crippen molar-refractivity contribution in [2.45, 2.75) is 19.5 Å². The van der Waals surface area contributed by atoms with Crippen LogP contribution in [-0.2, 0) is 6.54 Å². The number of benzene rings is 2. The van der Waals surface area contributed by atoms with Gasteiger partial charge in [0.05, 0.1) is 19.7 Å². The molecule has 6 heteroatoms. The molecule has 0 aromatic heterocycles. The molecule has 0 aliphatic rings. The number of likely N-dealkylation sites (N-methyl/N-ethyl adjacent to an activating group) is 1. The third-order valence-corrected chi connectivity index (χ3v) is 4.24. The molecule has 2 aromatic rings. The minimum Gasteiger partial charge on any atom is -0.497 e. The summed E-state index contributed by atoms with van der Waals surface area (Å²) in [5.41, 5.74) is 2.03. The highest BCUT2D eigenvalue weighted by molar-refractivity contribution is 5.79. The standard InChI is InChI=1S/C21H29FN4O/c1-5-23-21(24-14-16-7-6-8-18(22)13-16)25-15-20(26(2)3)17-9-11-19(27-4)12-10-17/h6-13,20H,5,14-15H2,1-4H3,(H2,23,24,25). The van der Waals surface area contributed by atoms with Crippen LogP contribution in [0.4, 0.5) is 4.39 Å². The quantitative estimate of drug-likeness (QED) is 0.552. The zero-order valence-electron chi connectivity index (χ0n) is 16.5. The second kappa shape index (κ2) is 10.5. The van der Waals surface area contributed by atoms with Gasteiger partial charge in [-0.3, -0.25) is 0 Å². The van der Waals surface area contributed by atoms with Crippen molar-refractivity contribution in [3.63, 3.8) is 0 Å². The van der Waals surface area contributed by atoms with Gasteiger partial charge in [0.15, 0.2) is 5.96 Å². The summed E-state index contributed by atoms with van der Waals surface area (Å²) in [5, 5.41) is 6.62. The highest BCUT2D eigenvalue weighted by atomic mass is 19.1. The highest BCUT2D eigenvalue weighted by Crippen LogP contribution is 2.20. The first-order valence-corrected chi connectivity index (χ1v) is 9.10. The van der Waals surface area contributed by atoms with Crippen LogP contribution < -0.4 is 15.4 Å². The van der Waals surface area contributed by atoms with Crippen LogP contribution >= 0.6 is 0 Å². The molecule has 2 N–H and O–H groups in total. The Morgan fingerprint density at radius 1 is 1.15 bits per heavy atom. The largest absolute Gasteiger partial charge is 0.497 e. The normalized spacial score (nSPS) is 12.7. The van der Waals surface area contributed by atoms with E-state index in [0.717, 1.165) is 17.9 Å². The van der Waals surface area contributed by atoms with Gasteiger partial charge >= 0.3 is 0 Å². The van der Waals surface area contributed by atoms with Crippen LogP contribution in [0, 0.1) is 5.82 Å². The minimum absolute atomic E-state index is 0.175. The van der Waals surface area contributed by atoms with Crippen LogP contribution in [0.5, 0.6) is 5.75 Å². The Bertz CT molecular complexity index is 731. The van der Waals surface area contributed by atoms with Crippen LogP contribution in [0.25, 0.3) is 0 Å². The van der Waals surface area contributed by atoms with Gasteiger partial charge in [0.2, 0.25) is 0 Å². The first kappa shape index (κ1) is 20.7. The molecule has 2 aromatic carbocycles. The van der Waals surface area contributed by atoms with Gasteiger partial charge in [-0.25, -0.2) is 9.38 Å². The van der Waals surface area contributed by atoms with E-state index < -0.39 is 0 Å². The molecule has 146 valence electrons. The predicted octanol–water partition coefficient (Wildman–Crippen LogP) is 3.19. The summed E-state index contributed by atoms with van der Waals surface area (Å²) in [6.07, 6.45) is 0. The molecule has 0 aliphatic heterocycles. The van der Waals surface area contributed by atoms with Crippen LogP contribution in [0.15, 0.2) is 53.5 Å². The molecule has 0 spiro atoms. The fraction of sp³-hybridized carbons (Fsp3) is 0.381. The summed E-state index contributed by atoms with van der Waals surface area (Å²) in [6.45, 7) is 3.88. The van der Waals surface area contributed by atoms with Gasteiger partial charge in [-0.05, 0) is 56.4 Å². The lowest BCUT2D eigenvalue weighted by atomic mass is 10.1. The van der Waals surface area contributed by atoms with E-state index in [-0.39, 0.29) is 11.9 Å². The molecule has 0 saturated carbocycles. The van der Waals surface area contributed by atoms with E-state index in [1.807, 2.05) is 39.2 Å². The summed E-state index contributed by atoms with van der Waals surface area (Å²) in [7, 11) is 5.76. The average Bonchev–Trinajstić information content (AvgIpc) is 2.66. The van der Waals surface area contributed by atoms with Gasteiger partial charge in [0.25, 0.3) is 0 Å². The van der Waals surface area contributed by atoms with Gasteiger partial charge in [0.1, 0.15) is 11.6 Å². The number of nitrogens with zero attached hydrogens (tertiary/aromatic N) is 2. The Kier molecular flexibility index (Phi) is 8.07. The Hall–Kier alpha value is -2.60. The lowest BCUT2D eigenvalue weighted by Crippen LogP contribution is -2.41. The number of hydrogen-bond donors (Lipinski definition) is 2. The van der Waals surface area contributed by atoms with Gasteiger partial charge in [-0.15, -0.1) is 0 Å². The summed E-state index contributed by atoms with van der Waals surface area (Å²) >= 11 is 0. The van der Waals surface area contributed by atoms with Crippen LogP contribution in [-0.4, -0.2) is 45.2 Å². The Morgan fingerprint density at radius 2 is 1.89 bits per heavy atom. The second-order valence-electron chi connectivity index (χ2n) is 6.46. The molecule has 5 nitrogen and oxygen atoms in total. The molecular formula is C21H29FN4O. The Labute approximate surface area is 161 Å². The maximum absolute atomic E-state index is 13.3. The lowest BCUT2D eigenvalue weighted by Gasteiger charge is -2.26. The Morgan fingerprint density at radius 3 is 2.48 bits per heavy atom. The Balaban J connectivity index is 2.05. The maximum atomic E-state index is 13.3. The lowest BCUT2D eigenvalue weighted by molar-refractivity contribution is 0.298. The van der Waals surface area contributed by atoms with E-state index in [0.29, 0.717) is 19.0 Å².